The molecule has 1 fully saturated rings. The van der Waals surface area contributed by atoms with E-state index in [2.05, 4.69) is 44.3 Å². The fraction of sp³-hybridized carbons (Fsp3) is 0.269. The van der Waals surface area contributed by atoms with Crippen LogP contribution in [0.1, 0.15) is 6.92 Å². The summed E-state index contributed by atoms with van der Waals surface area (Å²) in [7, 11) is 2.16. The molecular weight excluding hydrogens is 412 g/mol. The van der Waals surface area contributed by atoms with Crippen molar-refractivity contribution in [2.75, 3.05) is 43.4 Å². The van der Waals surface area contributed by atoms with Crippen LogP contribution in [-0.2, 0) is 6.54 Å². The van der Waals surface area contributed by atoms with Gasteiger partial charge in [0.15, 0.2) is 0 Å². The molecule has 0 radical (unpaired) electrons. The molecule has 170 valence electrons. The third kappa shape index (κ3) is 5.75. The highest BCUT2D eigenvalue weighted by molar-refractivity contribution is 5.75. The van der Waals surface area contributed by atoms with Crippen LogP contribution in [0.3, 0.4) is 0 Å². The standard InChI is InChI=1S/C20H24N6O.C6H6/c1-3-26-18(27)9-4-15-14-21-20(23-19(15)26)22-16-5-7-17(8-6-16)25-12-10-24(2)11-13-25;1-2-4-6-5-3-1/h4-9,14H,3,10-13H2,1-2H3,(H,21,22,23);1-6H. The monoisotopic (exact) mass is 442 g/mol. The Morgan fingerprint density at radius 2 is 1.52 bits per heavy atom. The second-order valence-corrected chi connectivity index (χ2v) is 8.01. The average Bonchev–Trinajstić information content (AvgIpc) is 2.86. The molecule has 2 aromatic heterocycles. The van der Waals surface area contributed by atoms with Gasteiger partial charge in [0.25, 0.3) is 5.56 Å². The molecule has 1 aliphatic heterocycles. The smallest absolute Gasteiger partial charge is 0.252 e. The summed E-state index contributed by atoms with van der Waals surface area (Å²) >= 11 is 0. The van der Waals surface area contributed by atoms with Crippen molar-refractivity contribution in [3.63, 3.8) is 0 Å². The SMILES string of the molecule is CCn1c(=O)ccc2cnc(Nc3ccc(N4CCN(C)CC4)cc3)nc21.c1ccccc1. The first-order chi connectivity index (χ1) is 16.1. The van der Waals surface area contributed by atoms with Gasteiger partial charge < -0.3 is 15.1 Å². The molecule has 1 N–H and O–H groups in total. The molecule has 33 heavy (non-hydrogen) atoms. The molecule has 2 aromatic carbocycles. The maximum atomic E-state index is 12.0. The Labute approximate surface area is 194 Å². The minimum absolute atomic E-state index is 0.0498. The van der Waals surface area contributed by atoms with E-state index in [0.29, 0.717) is 18.1 Å². The Morgan fingerprint density at radius 1 is 0.879 bits per heavy atom. The van der Waals surface area contributed by atoms with Crippen LogP contribution in [0.15, 0.2) is 83.8 Å². The first-order valence-corrected chi connectivity index (χ1v) is 11.3. The second kappa shape index (κ2) is 10.7. The predicted molar refractivity (Wildman–Crippen MR) is 135 cm³/mol. The van der Waals surface area contributed by atoms with Crippen LogP contribution < -0.4 is 15.8 Å². The van der Waals surface area contributed by atoms with E-state index < -0.39 is 0 Å². The maximum Gasteiger partial charge on any atom is 0.252 e. The van der Waals surface area contributed by atoms with Crippen LogP contribution >= 0.6 is 0 Å². The lowest BCUT2D eigenvalue weighted by molar-refractivity contribution is 0.313. The number of nitrogens with one attached hydrogen (secondary N) is 1. The minimum Gasteiger partial charge on any atom is -0.369 e. The zero-order valence-electron chi connectivity index (χ0n) is 19.2. The van der Waals surface area contributed by atoms with Crippen LogP contribution in [0.25, 0.3) is 11.0 Å². The minimum atomic E-state index is -0.0498. The topological polar surface area (TPSA) is 66.3 Å². The molecular formula is C26H30N6O. The third-order valence-corrected chi connectivity index (χ3v) is 5.70. The number of aryl methyl sites for hydroxylation is 1. The number of likely N-dealkylation sites (N-methyl/N-ethyl adjacent to an activating group) is 1. The lowest BCUT2D eigenvalue weighted by Crippen LogP contribution is -2.44. The van der Waals surface area contributed by atoms with E-state index in [1.165, 1.54) is 5.69 Å². The zero-order valence-corrected chi connectivity index (χ0v) is 19.2. The fourth-order valence-electron chi connectivity index (χ4n) is 3.77. The number of rotatable bonds is 4. The van der Waals surface area contributed by atoms with Gasteiger partial charge in [-0.05, 0) is 44.3 Å². The maximum absolute atomic E-state index is 12.0. The van der Waals surface area contributed by atoms with Gasteiger partial charge in [0, 0.05) is 61.7 Å². The lowest BCUT2D eigenvalue weighted by Gasteiger charge is -2.34. The molecule has 4 aromatic rings. The van der Waals surface area contributed by atoms with E-state index in [1.54, 1.807) is 22.9 Å². The number of piperazine rings is 1. The van der Waals surface area contributed by atoms with Crippen LogP contribution in [0, 0.1) is 0 Å². The largest absolute Gasteiger partial charge is 0.369 e. The third-order valence-electron chi connectivity index (χ3n) is 5.70. The van der Waals surface area contributed by atoms with Crippen molar-refractivity contribution in [2.45, 2.75) is 13.5 Å². The molecule has 7 heteroatoms. The summed E-state index contributed by atoms with van der Waals surface area (Å²) in [5.41, 5.74) is 2.75. The second-order valence-electron chi connectivity index (χ2n) is 8.01. The number of fused-ring (bicyclic) bond motifs is 1. The van der Waals surface area contributed by atoms with Gasteiger partial charge in [-0.1, -0.05) is 36.4 Å². The Kier molecular flexibility index (Phi) is 7.32. The van der Waals surface area contributed by atoms with Gasteiger partial charge >= 0.3 is 0 Å². The number of hydrogen-bond acceptors (Lipinski definition) is 6. The highest BCUT2D eigenvalue weighted by Gasteiger charge is 2.14. The van der Waals surface area contributed by atoms with Crippen molar-refractivity contribution in [1.29, 1.82) is 0 Å². The van der Waals surface area contributed by atoms with Crippen molar-refractivity contribution in [1.82, 2.24) is 19.4 Å². The molecule has 5 rings (SSSR count). The van der Waals surface area contributed by atoms with Crippen molar-refractivity contribution in [3.8, 4) is 0 Å². The normalized spacial score (nSPS) is 13.9. The number of anilines is 3. The fourth-order valence-corrected chi connectivity index (χ4v) is 3.77. The number of nitrogens with zero attached hydrogens (tertiary/aromatic N) is 5. The number of aromatic nitrogens is 3. The zero-order chi connectivity index (χ0) is 23.0. The Bertz CT molecular complexity index is 1190. The van der Waals surface area contributed by atoms with E-state index in [1.807, 2.05) is 55.5 Å². The number of hydrogen-bond donors (Lipinski definition) is 1. The quantitative estimate of drug-likeness (QED) is 0.516. The molecule has 0 amide bonds. The molecule has 0 saturated carbocycles. The first kappa shape index (κ1) is 22.5. The molecule has 1 aliphatic rings. The molecule has 0 bridgehead atoms. The summed E-state index contributed by atoms with van der Waals surface area (Å²) < 4.78 is 1.65. The Morgan fingerprint density at radius 3 is 2.12 bits per heavy atom. The van der Waals surface area contributed by atoms with E-state index in [9.17, 15) is 4.79 Å². The van der Waals surface area contributed by atoms with Crippen LogP contribution in [0.5, 0.6) is 0 Å². The summed E-state index contributed by atoms with van der Waals surface area (Å²) in [6.45, 7) is 6.78. The molecule has 0 spiro atoms. The van der Waals surface area contributed by atoms with Crippen molar-refractivity contribution in [3.05, 3.63) is 89.3 Å². The van der Waals surface area contributed by atoms with Crippen LogP contribution in [0.4, 0.5) is 17.3 Å². The first-order valence-electron chi connectivity index (χ1n) is 11.3. The Balaban J connectivity index is 0.000000376. The molecule has 0 atom stereocenters. The van der Waals surface area contributed by atoms with Gasteiger partial charge in [-0.15, -0.1) is 0 Å². The van der Waals surface area contributed by atoms with Gasteiger partial charge in [-0.3, -0.25) is 9.36 Å². The van der Waals surface area contributed by atoms with E-state index >= 15 is 0 Å². The molecule has 1 saturated heterocycles. The van der Waals surface area contributed by atoms with Gasteiger partial charge in [0.2, 0.25) is 5.95 Å². The van der Waals surface area contributed by atoms with E-state index in [4.69, 9.17) is 0 Å². The van der Waals surface area contributed by atoms with Crippen molar-refractivity contribution < 1.29 is 0 Å². The predicted octanol–water partition coefficient (Wildman–Crippen LogP) is 3.99. The van der Waals surface area contributed by atoms with E-state index in [-0.39, 0.29) is 5.56 Å². The molecule has 0 aliphatic carbocycles. The van der Waals surface area contributed by atoms with Gasteiger partial charge in [0.1, 0.15) is 5.65 Å². The number of benzene rings is 2. The highest BCUT2D eigenvalue weighted by Crippen LogP contribution is 2.21. The summed E-state index contributed by atoms with van der Waals surface area (Å²) in [5, 5.41) is 4.09. The summed E-state index contributed by atoms with van der Waals surface area (Å²) in [4.78, 5) is 25.7. The lowest BCUT2D eigenvalue weighted by atomic mass is 10.2. The van der Waals surface area contributed by atoms with Crippen molar-refractivity contribution >= 4 is 28.4 Å². The summed E-state index contributed by atoms with van der Waals surface area (Å²) in [5.74, 6) is 0.489. The molecule has 7 nitrogen and oxygen atoms in total. The molecule has 0 unspecified atom stereocenters. The van der Waals surface area contributed by atoms with E-state index in [0.717, 1.165) is 37.3 Å². The molecule has 3 heterocycles. The summed E-state index contributed by atoms with van der Waals surface area (Å²) in [6, 6.07) is 23.6. The Hall–Kier alpha value is -3.71. The van der Waals surface area contributed by atoms with Crippen LogP contribution in [0.2, 0.25) is 0 Å². The number of pyridine rings is 1. The van der Waals surface area contributed by atoms with Crippen molar-refractivity contribution in [2.24, 2.45) is 0 Å². The summed E-state index contributed by atoms with van der Waals surface area (Å²) in [6.07, 6.45) is 1.74. The van der Waals surface area contributed by atoms with Gasteiger partial charge in [-0.25, -0.2) is 4.98 Å². The van der Waals surface area contributed by atoms with Gasteiger partial charge in [-0.2, -0.15) is 4.98 Å². The highest BCUT2D eigenvalue weighted by atomic mass is 16.1. The van der Waals surface area contributed by atoms with Gasteiger partial charge in [0.05, 0.1) is 0 Å². The van der Waals surface area contributed by atoms with Crippen LogP contribution in [-0.4, -0.2) is 52.7 Å². The average molecular weight is 443 g/mol.